The van der Waals surface area contributed by atoms with E-state index in [1.165, 1.54) is 4.88 Å². The fourth-order valence-electron chi connectivity index (χ4n) is 1.54. The van der Waals surface area contributed by atoms with E-state index < -0.39 is 0 Å². The van der Waals surface area contributed by atoms with Gasteiger partial charge in [0, 0.05) is 10.4 Å². The molecule has 0 spiro atoms. The van der Waals surface area contributed by atoms with Gasteiger partial charge >= 0.3 is 0 Å². The molecular weight excluding hydrogens is 220 g/mol. The maximum absolute atomic E-state index is 11.4. The van der Waals surface area contributed by atoms with E-state index in [2.05, 4.69) is 42.0 Å². The Morgan fingerprint density at radius 1 is 1.50 bits per heavy atom. The predicted octanol–water partition coefficient (Wildman–Crippen LogP) is 1.79. The van der Waals surface area contributed by atoms with Crippen molar-refractivity contribution in [1.29, 1.82) is 0 Å². The summed E-state index contributed by atoms with van der Waals surface area (Å²) in [5.41, 5.74) is -0.141. The summed E-state index contributed by atoms with van der Waals surface area (Å²) in [6.45, 7) is 4.50. The van der Waals surface area contributed by atoms with E-state index >= 15 is 0 Å². The lowest BCUT2D eigenvalue weighted by Gasteiger charge is -2.26. The molecule has 1 aromatic rings. The molecule has 4 heteroatoms. The monoisotopic (exact) mass is 240 g/mol. The third-order valence-corrected chi connectivity index (χ3v) is 3.33. The lowest BCUT2D eigenvalue weighted by molar-refractivity contribution is -0.121. The Bertz CT molecular complexity index is 320. The van der Waals surface area contributed by atoms with Crippen molar-refractivity contribution in [3.8, 4) is 0 Å². The Morgan fingerprint density at radius 2 is 2.25 bits per heavy atom. The number of likely N-dealkylation sites (N-methyl/N-ethyl adjacent to an activating group) is 1. The molecule has 0 aliphatic carbocycles. The Labute approximate surface area is 101 Å². The molecule has 1 heterocycles. The van der Waals surface area contributed by atoms with Gasteiger partial charge in [-0.3, -0.25) is 4.79 Å². The Balaban J connectivity index is 2.36. The summed E-state index contributed by atoms with van der Waals surface area (Å²) < 4.78 is 0. The number of aryl methyl sites for hydroxylation is 1. The first-order chi connectivity index (χ1) is 7.53. The molecule has 0 bridgehead atoms. The van der Waals surface area contributed by atoms with Gasteiger partial charge in [0.1, 0.15) is 0 Å². The normalized spacial score (nSPS) is 11.4. The molecule has 0 radical (unpaired) electrons. The van der Waals surface area contributed by atoms with Crippen LogP contribution in [0, 0.1) is 0 Å². The van der Waals surface area contributed by atoms with Gasteiger partial charge < -0.3 is 10.6 Å². The maximum Gasteiger partial charge on any atom is 0.234 e. The van der Waals surface area contributed by atoms with E-state index in [4.69, 9.17) is 0 Å². The van der Waals surface area contributed by atoms with Gasteiger partial charge in [0.25, 0.3) is 0 Å². The first kappa shape index (κ1) is 13.2. The highest BCUT2D eigenvalue weighted by atomic mass is 32.1. The third-order valence-electron chi connectivity index (χ3n) is 2.39. The zero-order valence-electron chi connectivity index (χ0n) is 10.2. The number of amides is 1. The van der Waals surface area contributed by atoms with Crippen molar-refractivity contribution in [3.63, 3.8) is 0 Å². The first-order valence-corrected chi connectivity index (χ1v) is 6.39. The number of rotatable bonds is 6. The molecule has 1 amide bonds. The molecule has 1 rings (SSSR count). The molecular formula is C12H20N2OS. The Hall–Kier alpha value is -0.870. The van der Waals surface area contributed by atoms with Crippen molar-refractivity contribution >= 4 is 17.2 Å². The van der Waals surface area contributed by atoms with Crippen molar-refractivity contribution < 1.29 is 4.79 Å². The highest BCUT2D eigenvalue weighted by Crippen LogP contribution is 2.16. The SMILES string of the molecule is CNCC(=O)NC(C)(C)CCc1cccs1. The van der Waals surface area contributed by atoms with E-state index in [9.17, 15) is 4.79 Å². The minimum absolute atomic E-state index is 0.0543. The molecule has 0 fully saturated rings. The van der Waals surface area contributed by atoms with Gasteiger partial charge in [-0.25, -0.2) is 0 Å². The maximum atomic E-state index is 11.4. The summed E-state index contributed by atoms with van der Waals surface area (Å²) in [7, 11) is 1.78. The fraction of sp³-hybridized carbons (Fsp3) is 0.583. The van der Waals surface area contributed by atoms with Crippen molar-refractivity contribution in [2.75, 3.05) is 13.6 Å². The van der Waals surface area contributed by atoms with Crippen LogP contribution in [-0.2, 0) is 11.2 Å². The van der Waals surface area contributed by atoms with E-state index in [0.29, 0.717) is 6.54 Å². The van der Waals surface area contributed by atoms with E-state index in [-0.39, 0.29) is 11.4 Å². The van der Waals surface area contributed by atoms with Crippen LogP contribution in [0.3, 0.4) is 0 Å². The Morgan fingerprint density at radius 3 is 2.81 bits per heavy atom. The molecule has 0 aliphatic heterocycles. The summed E-state index contributed by atoms with van der Waals surface area (Å²) in [6.07, 6.45) is 1.98. The third kappa shape index (κ3) is 4.77. The molecule has 3 nitrogen and oxygen atoms in total. The van der Waals surface area contributed by atoms with Crippen molar-refractivity contribution in [3.05, 3.63) is 22.4 Å². The molecule has 1 aromatic heterocycles. The topological polar surface area (TPSA) is 41.1 Å². The van der Waals surface area contributed by atoms with Crippen molar-refractivity contribution in [2.24, 2.45) is 0 Å². The average molecular weight is 240 g/mol. The molecule has 0 aromatic carbocycles. The fourth-order valence-corrected chi connectivity index (χ4v) is 2.24. The number of thiophene rings is 1. The van der Waals surface area contributed by atoms with Crippen LogP contribution in [0.2, 0.25) is 0 Å². The van der Waals surface area contributed by atoms with Crippen LogP contribution in [0.1, 0.15) is 25.1 Å². The summed E-state index contributed by atoms with van der Waals surface area (Å²) in [5, 5.41) is 7.96. The van der Waals surface area contributed by atoms with Crippen molar-refractivity contribution in [2.45, 2.75) is 32.2 Å². The van der Waals surface area contributed by atoms with Gasteiger partial charge in [-0.1, -0.05) is 6.07 Å². The standard InChI is InChI=1S/C12H20N2OS/c1-12(2,14-11(15)9-13-3)7-6-10-5-4-8-16-10/h4-5,8,13H,6-7,9H2,1-3H3,(H,14,15). The first-order valence-electron chi connectivity index (χ1n) is 5.51. The lowest BCUT2D eigenvalue weighted by atomic mass is 9.98. The highest BCUT2D eigenvalue weighted by Gasteiger charge is 2.19. The number of carbonyl (C=O) groups excluding carboxylic acids is 1. The second-order valence-electron chi connectivity index (χ2n) is 4.54. The minimum atomic E-state index is -0.141. The predicted molar refractivity (Wildman–Crippen MR) is 68.8 cm³/mol. The summed E-state index contributed by atoms with van der Waals surface area (Å²) >= 11 is 1.77. The van der Waals surface area contributed by atoms with Crippen LogP contribution in [0.25, 0.3) is 0 Å². The zero-order chi connectivity index (χ0) is 12.0. The number of nitrogens with one attached hydrogen (secondary N) is 2. The van der Waals surface area contributed by atoms with Gasteiger partial charge in [-0.2, -0.15) is 0 Å². The van der Waals surface area contributed by atoms with Crippen LogP contribution in [0.4, 0.5) is 0 Å². The van der Waals surface area contributed by atoms with E-state index in [1.807, 2.05) is 0 Å². The quantitative estimate of drug-likeness (QED) is 0.796. The highest BCUT2D eigenvalue weighted by molar-refractivity contribution is 7.09. The largest absolute Gasteiger partial charge is 0.350 e. The molecule has 16 heavy (non-hydrogen) atoms. The molecule has 0 saturated heterocycles. The van der Waals surface area contributed by atoms with Crippen LogP contribution < -0.4 is 10.6 Å². The summed E-state index contributed by atoms with van der Waals surface area (Å²) in [5.74, 6) is 0.0543. The number of hydrogen-bond donors (Lipinski definition) is 2. The van der Waals surface area contributed by atoms with Crippen molar-refractivity contribution in [1.82, 2.24) is 10.6 Å². The van der Waals surface area contributed by atoms with E-state index in [0.717, 1.165) is 12.8 Å². The number of hydrogen-bond acceptors (Lipinski definition) is 3. The minimum Gasteiger partial charge on any atom is -0.350 e. The second kappa shape index (κ2) is 6.01. The molecule has 0 atom stereocenters. The molecule has 90 valence electrons. The van der Waals surface area contributed by atoms with Crippen LogP contribution >= 0.6 is 11.3 Å². The second-order valence-corrected chi connectivity index (χ2v) is 5.57. The Kier molecular flexibility index (Phi) is 4.96. The molecule has 0 saturated carbocycles. The average Bonchev–Trinajstić information content (AvgIpc) is 2.66. The molecule has 2 N–H and O–H groups in total. The number of carbonyl (C=O) groups is 1. The van der Waals surface area contributed by atoms with Gasteiger partial charge in [-0.05, 0) is 45.2 Å². The smallest absolute Gasteiger partial charge is 0.234 e. The van der Waals surface area contributed by atoms with Gasteiger partial charge in [-0.15, -0.1) is 11.3 Å². The molecule has 0 aliphatic rings. The van der Waals surface area contributed by atoms with Gasteiger partial charge in [0.05, 0.1) is 6.54 Å². The summed E-state index contributed by atoms with van der Waals surface area (Å²) in [4.78, 5) is 12.8. The van der Waals surface area contributed by atoms with Crippen LogP contribution in [0.15, 0.2) is 17.5 Å². The summed E-state index contributed by atoms with van der Waals surface area (Å²) in [6, 6.07) is 4.20. The lowest BCUT2D eigenvalue weighted by Crippen LogP contribution is -2.46. The zero-order valence-corrected chi connectivity index (χ0v) is 11.0. The molecule has 0 unspecified atom stereocenters. The van der Waals surface area contributed by atoms with Gasteiger partial charge in [0.15, 0.2) is 0 Å². The van der Waals surface area contributed by atoms with Crippen LogP contribution in [-0.4, -0.2) is 25.0 Å². The van der Waals surface area contributed by atoms with Gasteiger partial charge in [0.2, 0.25) is 5.91 Å². The van der Waals surface area contributed by atoms with Crippen LogP contribution in [0.5, 0.6) is 0 Å². The van der Waals surface area contributed by atoms with E-state index in [1.54, 1.807) is 18.4 Å².